The highest BCUT2D eigenvalue weighted by Gasteiger charge is 2.32. The van der Waals surface area contributed by atoms with E-state index in [4.69, 9.17) is 10.5 Å². The van der Waals surface area contributed by atoms with Crippen LogP contribution in [0.3, 0.4) is 0 Å². The lowest BCUT2D eigenvalue weighted by Gasteiger charge is -2.34. The zero-order valence-electron chi connectivity index (χ0n) is 14.0. The number of carbonyl (C=O) groups excluding carboxylic acids is 1. The van der Waals surface area contributed by atoms with E-state index in [1.54, 1.807) is 7.11 Å². The SMILES string of the molecule is CCC(C)N(CCOC)CCC(C)(NC(C)C)C(N)=O. The summed E-state index contributed by atoms with van der Waals surface area (Å²) < 4.78 is 5.16. The van der Waals surface area contributed by atoms with Crippen LogP contribution >= 0.6 is 0 Å². The number of ether oxygens (including phenoxy) is 1. The Morgan fingerprint density at radius 1 is 1.35 bits per heavy atom. The van der Waals surface area contributed by atoms with Crippen LogP contribution in [0.15, 0.2) is 0 Å². The van der Waals surface area contributed by atoms with Crippen LogP contribution in [0.2, 0.25) is 0 Å². The van der Waals surface area contributed by atoms with Crippen molar-refractivity contribution < 1.29 is 9.53 Å². The molecule has 0 saturated heterocycles. The minimum atomic E-state index is -0.660. The van der Waals surface area contributed by atoms with Crippen molar-refractivity contribution in [1.82, 2.24) is 10.2 Å². The van der Waals surface area contributed by atoms with Crippen LogP contribution < -0.4 is 11.1 Å². The van der Waals surface area contributed by atoms with Gasteiger partial charge in [-0.1, -0.05) is 6.92 Å². The Kier molecular flexibility index (Phi) is 9.01. The molecule has 1 amide bonds. The molecule has 0 radical (unpaired) electrons. The van der Waals surface area contributed by atoms with Gasteiger partial charge in [0.1, 0.15) is 0 Å². The third-order valence-corrected chi connectivity index (χ3v) is 3.85. The van der Waals surface area contributed by atoms with Crippen LogP contribution in [0.5, 0.6) is 0 Å². The van der Waals surface area contributed by atoms with Crippen molar-refractivity contribution in [2.75, 3.05) is 26.8 Å². The molecule has 0 heterocycles. The first-order chi connectivity index (χ1) is 9.26. The normalized spacial score (nSPS) is 16.4. The van der Waals surface area contributed by atoms with E-state index in [-0.39, 0.29) is 11.9 Å². The zero-order valence-corrected chi connectivity index (χ0v) is 14.0. The van der Waals surface area contributed by atoms with Gasteiger partial charge in [0.15, 0.2) is 0 Å². The highest BCUT2D eigenvalue weighted by atomic mass is 16.5. The molecule has 0 bridgehead atoms. The van der Waals surface area contributed by atoms with Crippen LogP contribution in [0, 0.1) is 0 Å². The molecule has 2 atom stereocenters. The maximum absolute atomic E-state index is 11.7. The van der Waals surface area contributed by atoms with E-state index in [0.717, 1.165) is 19.5 Å². The number of amides is 1. The first-order valence-electron chi connectivity index (χ1n) is 7.57. The Morgan fingerprint density at radius 3 is 2.35 bits per heavy atom. The minimum absolute atomic E-state index is 0.225. The molecule has 0 aliphatic heterocycles. The van der Waals surface area contributed by atoms with Crippen LogP contribution in [-0.2, 0) is 9.53 Å². The van der Waals surface area contributed by atoms with Gasteiger partial charge < -0.3 is 15.8 Å². The van der Waals surface area contributed by atoms with Crippen LogP contribution in [0.4, 0.5) is 0 Å². The second-order valence-electron chi connectivity index (χ2n) is 6.03. The van der Waals surface area contributed by atoms with Gasteiger partial charge in [-0.05, 0) is 40.5 Å². The number of nitrogens with zero attached hydrogens (tertiary/aromatic N) is 1. The standard InChI is InChI=1S/C15H33N3O2/c1-7-13(4)18(10-11-20-6)9-8-15(5,14(16)19)17-12(2)3/h12-13,17H,7-11H2,1-6H3,(H2,16,19). The lowest BCUT2D eigenvalue weighted by molar-refractivity contribution is -0.124. The molecule has 0 aliphatic carbocycles. The molecule has 120 valence electrons. The molecule has 0 aromatic rings. The largest absolute Gasteiger partial charge is 0.383 e. The third-order valence-electron chi connectivity index (χ3n) is 3.85. The lowest BCUT2D eigenvalue weighted by Crippen LogP contribution is -2.57. The Labute approximate surface area is 124 Å². The van der Waals surface area contributed by atoms with E-state index >= 15 is 0 Å². The van der Waals surface area contributed by atoms with E-state index in [1.807, 2.05) is 20.8 Å². The summed E-state index contributed by atoms with van der Waals surface area (Å²) in [6.45, 7) is 12.7. The molecule has 2 unspecified atom stereocenters. The summed E-state index contributed by atoms with van der Waals surface area (Å²) >= 11 is 0. The molecule has 20 heavy (non-hydrogen) atoms. The van der Waals surface area contributed by atoms with Gasteiger partial charge in [-0.15, -0.1) is 0 Å². The summed E-state index contributed by atoms with van der Waals surface area (Å²) in [5.41, 5.74) is 4.91. The Hall–Kier alpha value is -0.650. The van der Waals surface area contributed by atoms with Gasteiger partial charge in [0.25, 0.3) is 0 Å². The number of hydrogen-bond donors (Lipinski definition) is 2. The predicted molar refractivity (Wildman–Crippen MR) is 83.7 cm³/mol. The third kappa shape index (κ3) is 6.68. The van der Waals surface area contributed by atoms with Crippen molar-refractivity contribution in [1.29, 1.82) is 0 Å². The summed E-state index contributed by atoms with van der Waals surface area (Å²) in [7, 11) is 1.71. The van der Waals surface area contributed by atoms with Gasteiger partial charge in [-0.2, -0.15) is 0 Å². The monoisotopic (exact) mass is 287 g/mol. The maximum Gasteiger partial charge on any atom is 0.237 e. The van der Waals surface area contributed by atoms with Gasteiger partial charge in [-0.3, -0.25) is 9.69 Å². The molecule has 0 saturated carbocycles. The second kappa shape index (κ2) is 9.32. The molecular weight excluding hydrogens is 254 g/mol. The quantitative estimate of drug-likeness (QED) is 0.602. The molecule has 0 fully saturated rings. The smallest absolute Gasteiger partial charge is 0.237 e. The minimum Gasteiger partial charge on any atom is -0.383 e. The number of hydrogen-bond acceptors (Lipinski definition) is 4. The Morgan fingerprint density at radius 2 is 1.95 bits per heavy atom. The van der Waals surface area contributed by atoms with Gasteiger partial charge in [0.2, 0.25) is 5.91 Å². The van der Waals surface area contributed by atoms with Gasteiger partial charge in [0, 0.05) is 32.3 Å². The van der Waals surface area contributed by atoms with Gasteiger partial charge in [0.05, 0.1) is 12.1 Å². The van der Waals surface area contributed by atoms with Crippen molar-refractivity contribution >= 4 is 5.91 Å². The fourth-order valence-corrected chi connectivity index (χ4v) is 2.29. The van der Waals surface area contributed by atoms with Gasteiger partial charge in [-0.25, -0.2) is 0 Å². The summed E-state index contributed by atoms with van der Waals surface area (Å²) in [6, 6.07) is 0.699. The molecule has 0 aromatic heterocycles. The van der Waals surface area contributed by atoms with Crippen molar-refractivity contribution in [3.63, 3.8) is 0 Å². The Balaban J connectivity index is 4.65. The molecule has 3 N–H and O–H groups in total. The average molecular weight is 287 g/mol. The van der Waals surface area contributed by atoms with Crippen molar-refractivity contribution in [3.05, 3.63) is 0 Å². The van der Waals surface area contributed by atoms with Crippen molar-refractivity contribution in [3.8, 4) is 0 Å². The van der Waals surface area contributed by atoms with Gasteiger partial charge >= 0.3 is 0 Å². The first kappa shape index (κ1) is 19.4. The van der Waals surface area contributed by atoms with E-state index in [2.05, 4.69) is 24.1 Å². The number of primary amides is 1. The topological polar surface area (TPSA) is 67.6 Å². The molecule has 0 spiro atoms. The Bertz CT molecular complexity index is 284. The first-order valence-corrected chi connectivity index (χ1v) is 7.57. The van der Waals surface area contributed by atoms with Crippen molar-refractivity contribution in [2.45, 2.75) is 65.1 Å². The summed E-state index contributed by atoms with van der Waals surface area (Å²) in [5, 5.41) is 3.29. The number of methoxy groups -OCH3 is 1. The fraction of sp³-hybridized carbons (Fsp3) is 0.933. The number of carbonyl (C=O) groups is 1. The molecule has 5 heteroatoms. The fourth-order valence-electron chi connectivity index (χ4n) is 2.29. The number of nitrogens with two attached hydrogens (primary N) is 1. The summed E-state index contributed by atoms with van der Waals surface area (Å²) in [5.74, 6) is -0.290. The number of rotatable bonds is 11. The van der Waals surface area contributed by atoms with Crippen LogP contribution in [0.1, 0.15) is 47.5 Å². The molecule has 0 aromatic carbocycles. The maximum atomic E-state index is 11.7. The molecular formula is C15H33N3O2. The van der Waals surface area contributed by atoms with E-state index in [9.17, 15) is 4.79 Å². The second-order valence-corrected chi connectivity index (χ2v) is 6.03. The van der Waals surface area contributed by atoms with Crippen LogP contribution in [-0.4, -0.2) is 55.2 Å². The van der Waals surface area contributed by atoms with Crippen LogP contribution in [0.25, 0.3) is 0 Å². The van der Waals surface area contributed by atoms with Crippen molar-refractivity contribution in [2.24, 2.45) is 5.73 Å². The van der Waals surface area contributed by atoms with E-state index in [0.29, 0.717) is 19.1 Å². The summed E-state index contributed by atoms with van der Waals surface area (Å²) in [6.07, 6.45) is 1.78. The molecule has 0 aliphatic rings. The van der Waals surface area contributed by atoms with E-state index < -0.39 is 5.54 Å². The highest BCUT2D eigenvalue weighted by molar-refractivity contribution is 5.84. The van der Waals surface area contributed by atoms with E-state index in [1.165, 1.54) is 0 Å². The lowest BCUT2D eigenvalue weighted by atomic mass is 9.95. The molecule has 5 nitrogen and oxygen atoms in total. The summed E-state index contributed by atoms with van der Waals surface area (Å²) in [4.78, 5) is 14.1. The zero-order chi connectivity index (χ0) is 15.8. The average Bonchev–Trinajstić information content (AvgIpc) is 2.37. The number of nitrogens with one attached hydrogen (secondary N) is 1. The molecule has 0 rings (SSSR count). The highest BCUT2D eigenvalue weighted by Crippen LogP contribution is 2.14. The predicted octanol–water partition coefficient (Wildman–Crippen LogP) is 1.37.